The molecule has 5 nitrogen and oxygen atoms in total. The minimum absolute atomic E-state index is 0.0436. The lowest BCUT2D eigenvalue weighted by Crippen LogP contribution is -2.41. The van der Waals surface area contributed by atoms with Gasteiger partial charge in [0.15, 0.2) is 6.61 Å². The van der Waals surface area contributed by atoms with E-state index < -0.39 is 0 Å². The first-order valence-electron chi connectivity index (χ1n) is 7.22. The molecule has 0 heterocycles. The predicted octanol–water partition coefficient (Wildman–Crippen LogP) is 1.86. The molecule has 0 aliphatic heterocycles. The Hall–Kier alpha value is -2.56. The third-order valence-corrected chi connectivity index (χ3v) is 2.99. The van der Waals surface area contributed by atoms with Gasteiger partial charge in [0.2, 0.25) is 5.91 Å². The van der Waals surface area contributed by atoms with Crippen LogP contribution in [0.3, 0.4) is 0 Å². The molecule has 0 saturated heterocycles. The summed E-state index contributed by atoms with van der Waals surface area (Å²) in [4.78, 5) is 23.1. The Morgan fingerprint density at radius 2 is 1.77 bits per heavy atom. The SMILES string of the molecule is CC(C)NC(=O)CNC(=O)COc1ccc2ccccc2c1. The Morgan fingerprint density at radius 1 is 1.05 bits per heavy atom. The Morgan fingerprint density at radius 3 is 2.50 bits per heavy atom. The summed E-state index contributed by atoms with van der Waals surface area (Å²) >= 11 is 0. The van der Waals surface area contributed by atoms with E-state index in [9.17, 15) is 9.59 Å². The molecule has 0 spiro atoms. The van der Waals surface area contributed by atoms with E-state index in [0.29, 0.717) is 5.75 Å². The Balaban J connectivity index is 1.81. The lowest BCUT2D eigenvalue weighted by molar-refractivity contribution is -0.127. The van der Waals surface area contributed by atoms with Crippen LogP contribution in [0.5, 0.6) is 5.75 Å². The van der Waals surface area contributed by atoms with Gasteiger partial charge >= 0.3 is 0 Å². The molecule has 0 atom stereocenters. The molecule has 2 rings (SSSR count). The highest BCUT2D eigenvalue weighted by Gasteiger charge is 2.07. The van der Waals surface area contributed by atoms with Gasteiger partial charge in [0, 0.05) is 6.04 Å². The zero-order valence-corrected chi connectivity index (χ0v) is 12.8. The topological polar surface area (TPSA) is 67.4 Å². The number of carbonyl (C=O) groups is 2. The Kier molecular flexibility index (Phi) is 5.36. The van der Waals surface area contributed by atoms with Gasteiger partial charge in [-0.15, -0.1) is 0 Å². The largest absolute Gasteiger partial charge is 0.484 e. The standard InChI is InChI=1S/C17H20N2O3/c1-12(2)19-16(20)10-18-17(21)11-22-15-8-7-13-5-3-4-6-14(13)9-15/h3-9,12H,10-11H2,1-2H3,(H,18,21)(H,19,20). The molecule has 0 fully saturated rings. The fourth-order valence-corrected chi connectivity index (χ4v) is 2.01. The summed E-state index contributed by atoms with van der Waals surface area (Å²) in [5.74, 6) is 0.0848. The lowest BCUT2D eigenvalue weighted by Gasteiger charge is -2.10. The second kappa shape index (κ2) is 7.45. The molecule has 0 aliphatic rings. The fourth-order valence-electron chi connectivity index (χ4n) is 2.01. The van der Waals surface area contributed by atoms with Crippen LogP contribution >= 0.6 is 0 Å². The van der Waals surface area contributed by atoms with E-state index in [1.54, 1.807) is 0 Å². The van der Waals surface area contributed by atoms with E-state index in [4.69, 9.17) is 4.74 Å². The molecule has 2 aromatic carbocycles. The van der Waals surface area contributed by atoms with Crippen LogP contribution in [0.4, 0.5) is 0 Å². The van der Waals surface area contributed by atoms with Gasteiger partial charge in [-0.1, -0.05) is 30.3 Å². The van der Waals surface area contributed by atoms with Crippen molar-refractivity contribution >= 4 is 22.6 Å². The van der Waals surface area contributed by atoms with Crippen molar-refractivity contribution in [1.82, 2.24) is 10.6 Å². The molecule has 2 amide bonds. The van der Waals surface area contributed by atoms with Crippen molar-refractivity contribution in [1.29, 1.82) is 0 Å². The van der Waals surface area contributed by atoms with Crippen molar-refractivity contribution in [3.8, 4) is 5.75 Å². The molecule has 116 valence electrons. The molecule has 0 aliphatic carbocycles. The maximum Gasteiger partial charge on any atom is 0.258 e. The van der Waals surface area contributed by atoms with Crippen molar-refractivity contribution < 1.29 is 14.3 Å². The van der Waals surface area contributed by atoms with Crippen molar-refractivity contribution in [2.24, 2.45) is 0 Å². The van der Waals surface area contributed by atoms with E-state index in [1.165, 1.54) is 0 Å². The van der Waals surface area contributed by atoms with Crippen LogP contribution in [0.15, 0.2) is 42.5 Å². The van der Waals surface area contributed by atoms with E-state index >= 15 is 0 Å². The van der Waals surface area contributed by atoms with Crippen LogP contribution in [-0.4, -0.2) is 31.0 Å². The first-order valence-corrected chi connectivity index (χ1v) is 7.22. The van der Waals surface area contributed by atoms with Gasteiger partial charge in [-0.25, -0.2) is 0 Å². The molecule has 2 N–H and O–H groups in total. The van der Waals surface area contributed by atoms with Gasteiger partial charge in [-0.3, -0.25) is 9.59 Å². The van der Waals surface area contributed by atoms with Gasteiger partial charge in [0.1, 0.15) is 5.75 Å². The smallest absolute Gasteiger partial charge is 0.258 e. The number of rotatable bonds is 6. The molecule has 2 aromatic rings. The molecule has 0 aromatic heterocycles. The highest BCUT2D eigenvalue weighted by atomic mass is 16.5. The van der Waals surface area contributed by atoms with Crippen LogP contribution in [0.2, 0.25) is 0 Å². The van der Waals surface area contributed by atoms with Crippen LogP contribution in [-0.2, 0) is 9.59 Å². The average molecular weight is 300 g/mol. The van der Waals surface area contributed by atoms with Gasteiger partial charge in [-0.05, 0) is 36.8 Å². The third kappa shape index (κ3) is 4.77. The van der Waals surface area contributed by atoms with E-state index in [0.717, 1.165) is 10.8 Å². The van der Waals surface area contributed by atoms with Crippen LogP contribution < -0.4 is 15.4 Å². The second-order valence-corrected chi connectivity index (χ2v) is 5.30. The first kappa shape index (κ1) is 15.8. The first-order chi connectivity index (χ1) is 10.5. The van der Waals surface area contributed by atoms with Gasteiger partial charge in [0.25, 0.3) is 5.91 Å². The zero-order chi connectivity index (χ0) is 15.9. The quantitative estimate of drug-likeness (QED) is 0.855. The van der Waals surface area contributed by atoms with Crippen LogP contribution in [0, 0.1) is 0 Å². The van der Waals surface area contributed by atoms with Crippen LogP contribution in [0.25, 0.3) is 10.8 Å². The van der Waals surface area contributed by atoms with Crippen molar-refractivity contribution in [2.45, 2.75) is 19.9 Å². The number of amides is 2. The van der Waals surface area contributed by atoms with E-state index in [-0.39, 0.29) is 31.0 Å². The summed E-state index contributed by atoms with van der Waals surface area (Å²) < 4.78 is 5.45. The second-order valence-electron chi connectivity index (χ2n) is 5.30. The van der Waals surface area contributed by atoms with Gasteiger partial charge < -0.3 is 15.4 Å². The average Bonchev–Trinajstić information content (AvgIpc) is 2.50. The minimum Gasteiger partial charge on any atom is -0.484 e. The lowest BCUT2D eigenvalue weighted by atomic mass is 10.1. The maximum absolute atomic E-state index is 11.7. The summed E-state index contributed by atoms with van der Waals surface area (Å²) in [6.07, 6.45) is 0. The molecular weight excluding hydrogens is 280 g/mol. The number of carbonyl (C=O) groups excluding carboxylic acids is 2. The Bertz CT molecular complexity index is 668. The number of hydrogen-bond acceptors (Lipinski definition) is 3. The minimum atomic E-state index is -0.327. The van der Waals surface area contributed by atoms with Crippen molar-refractivity contribution in [3.05, 3.63) is 42.5 Å². The highest BCUT2D eigenvalue weighted by Crippen LogP contribution is 2.20. The summed E-state index contributed by atoms with van der Waals surface area (Å²) in [7, 11) is 0. The van der Waals surface area contributed by atoms with Crippen molar-refractivity contribution in [3.63, 3.8) is 0 Å². The van der Waals surface area contributed by atoms with Crippen molar-refractivity contribution in [2.75, 3.05) is 13.2 Å². The summed E-state index contributed by atoms with van der Waals surface area (Å²) in [5, 5.41) is 7.38. The molecular formula is C17H20N2O3. The number of benzene rings is 2. The fraction of sp³-hybridized carbons (Fsp3) is 0.294. The number of ether oxygens (including phenoxy) is 1. The molecule has 0 unspecified atom stereocenters. The molecule has 0 saturated carbocycles. The van der Waals surface area contributed by atoms with Gasteiger partial charge in [-0.2, -0.15) is 0 Å². The highest BCUT2D eigenvalue weighted by molar-refractivity contribution is 5.86. The maximum atomic E-state index is 11.7. The summed E-state index contributed by atoms with van der Waals surface area (Å²) in [5.41, 5.74) is 0. The molecule has 0 bridgehead atoms. The number of hydrogen-bond donors (Lipinski definition) is 2. The van der Waals surface area contributed by atoms with Crippen LogP contribution in [0.1, 0.15) is 13.8 Å². The molecule has 5 heteroatoms. The van der Waals surface area contributed by atoms with E-state index in [2.05, 4.69) is 10.6 Å². The monoisotopic (exact) mass is 300 g/mol. The normalized spacial score (nSPS) is 10.5. The molecule has 0 radical (unpaired) electrons. The third-order valence-electron chi connectivity index (χ3n) is 2.99. The van der Waals surface area contributed by atoms with E-state index in [1.807, 2.05) is 56.3 Å². The predicted molar refractivity (Wildman–Crippen MR) is 85.7 cm³/mol. The summed E-state index contributed by atoms with van der Waals surface area (Å²) in [6, 6.07) is 13.6. The number of nitrogens with one attached hydrogen (secondary N) is 2. The Labute approximate surface area is 129 Å². The number of fused-ring (bicyclic) bond motifs is 1. The molecule has 22 heavy (non-hydrogen) atoms. The zero-order valence-electron chi connectivity index (χ0n) is 12.8. The van der Waals surface area contributed by atoms with Gasteiger partial charge in [0.05, 0.1) is 6.54 Å². The summed E-state index contributed by atoms with van der Waals surface area (Å²) in [6.45, 7) is 3.57.